The molecule has 0 spiro atoms. The van der Waals surface area contributed by atoms with Gasteiger partial charge >= 0.3 is 5.51 Å². The van der Waals surface area contributed by atoms with Crippen molar-refractivity contribution in [3.63, 3.8) is 0 Å². The van der Waals surface area contributed by atoms with E-state index in [0.717, 1.165) is 25.8 Å². The molecule has 0 fully saturated rings. The van der Waals surface area contributed by atoms with Crippen LogP contribution in [0.3, 0.4) is 0 Å². The number of halogens is 3. The van der Waals surface area contributed by atoms with Gasteiger partial charge in [0.2, 0.25) is 0 Å². The minimum absolute atomic E-state index is 0.0858. The van der Waals surface area contributed by atoms with Gasteiger partial charge in [0, 0.05) is 11.8 Å². The molecule has 0 bridgehead atoms. The molecule has 0 rings (SSSR count). The molecular formula is C10H20F3NS. The maximum atomic E-state index is 11.8. The van der Waals surface area contributed by atoms with Crippen LogP contribution in [0.4, 0.5) is 13.2 Å². The third-order valence-corrected chi connectivity index (χ3v) is 3.02. The van der Waals surface area contributed by atoms with Gasteiger partial charge in [-0.25, -0.2) is 0 Å². The van der Waals surface area contributed by atoms with Gasteiger partial charge in [0.05, 0.1) is 0 Å². The second kappa shape index (κ2) is 8.28. The molecule has 0 aliphatic rings. The fourth-order valence-corrected chi connectivity index (χ4v) is 2.00. The Morgan fingerprint density at radius 2 is 1.87 bits per heavy atom. The van der Waals surface area contributed by atoms with Gasteiger partial charge in [0.15, 0.2) is 0 Å². The lowest BCUT2D eigenvalue weighted by molar-refractivity contribution is -0.0328. The number of rotatable bonds is 8. The Morgan fingerprint density at radius 3 is 2.33 bits per heavy atom. The number of alkyl halides is 3. The van der Waals surface area contributed by atoms with Crippen molar-refractivity contribution in [3.8, 4) is 0 Å². The Balaban J connectivity index is 3.36. The monoisotopic (exact) mass is 243 g/mol. The number of thioether (sulfide) groups is 1. The van der Waals surface area contributed by atoms with Crippen LogP contribution in [0.25, 0.3) is 0 Å². The Labute approximate surface area is 94.2 Å². The zero-order valence-electron chi connectivity index (χ0n) is 9.36. The minimum Gasteiger partial charge on any atom is -0.314 e. The molecule has 1 unspecified atom stereocenters. The summed E-state index contributed by atoms with van der Waals surface area (Å²) < 4.78 is 35.3. The van der Waals surface area contributed by atoms with Crippen LogP contribution in [0.5, 0.6) is 0 Å². The van der Waals surface area contributed by atoms with Crippen LogP contribution in [-0.2, 0) is 0 Å². The van der Waals surface area contributed by atoms with Crippen molar-refractivity contribution in [2.45, 2.75) is 51.1 Å². The van der Waals surface area contributed by atoms with Crippen molar-refractivity contribution in [2.75, 3.05) is 12.3 Å². The van der Waals surface area contributed by atoms with E-state index in [9.17, 15) is 13.2 Å². The highest BCUT2D eigenvalue weighted by atomic mass is 32.2. The molecule has 0 aromatic rings. The molecule has 0 aliphatic heterocycles. The molecule has 1 N–H and O–H groups in total. The van der Waals surface area contributed by atoms with E-state index in [0.29, 0.717) is 12.5 Å². The molecule has 1 nitrogen and oxygen atoms in total. The molecular weight excluding hydrogens is 223 g/mol. The fraction of sp³-hybridized carbons (Fsp3) is 1.00. The first-order chi connectivity index (χ1) is 6.99. The van der Waals surface area contributed by atoms with E-state index < -0.39 is 5.51 Å². The summed E-state index contributed by atoms with van der Waals surface area (Å²) in [6.07, 6.45) is 3.53. The molecule has 1 atom stereocenters. The van der Waals surface area contributed by atoms with Crippen molar-refractivity contribution in [3.05, 3.63) is 0 Å². The largest absolute Gasteiger partial charge is 0.441 e. The molecule has 15 heavy (non-hydrogen) atoms. The number of nitrogens with one attached hydrogen (secondary N) is 1. The summed E-state index contributed by atoms with van der Waals surface area (Å²) in [6, 6.07) is 0.464. The maximum Gasteiger partial charge on any atom is 0.441 e. The quantitative estimate of drug-likeness (QED) is 0.651. The maximum absolute atomic E-state index is 11.8. The molecule has 0 aromatic carbocycles. The van der Waals surface area contributed by atoms with Crippen LogP contribution in [0.1, 0.15) is 39.5 Å². The summed E-state index contributed by atoms with van der Waals surface area (Å²) in [6.45, 7) is 5.07. The van der Waals surface area contributed by atoms with Crippen LogP contribution >= 0.6 is 11.8 Å². The van der Waals surface area contributed by atoms with Gasteiger partial charge in [0.1, 0.15) is 0 Å². The first kappa shape index (κ1) is 15.1. The highest BCUT2D eigenvalue weighted by Crippen LogP contribution is 2.30. The fourth-order valence-electron chi connectivity index (χ4n) is 1.42. The van der Waals surface area contributed by atoms with E-state index in [2.05, 4.69) is 12.2 Å². The van der Waals surface area contributed by atoms with Gasteiger partial charge < -0.3 is 5.32 Å². The van der Waals surface area contributed by atoms with E-state index in [-0.39, 0.29) is 17.5 Å². The van der Waals surface area contributed by atoms with Gasteiger partial charge in [-0.3, -0.25) is 0 Å². The second-order valence-electron chi connectivity index (χ2n) is 3.45. The minimum atomic E-state index is -4.06. The molecule has 0 heterocycles. The first-order valence-electron chi connectivity index (χ1n) is 5.43. The molecule has 92 valence electrons. The van der Waals surface area contributed by atoms with Crippen molar-refractivity contribution in [1.82, 2.24) is 5.32 Å². The van der Waals surface area contributed by atoms with E-state index in [1.807, 2.05) is 6.92 Å². The predicted molar refractivity (Wildman–Crippen MR) is 60.1 cm³/mol. The van der Waals surface area contributed by atoms with Crippen LogP contribution < -0.4 is 5.32 Å². The average molecular weight is 243 g/mol. The third-order valence-electron chi connectivity index (χ3n) is 2.20. The van der Waals surface area contributed by atoms with Crippen LogP contribution in [0, 0.1) is 0 Å². The lowest BCUT2D eigenvalue weighted by Crippen LogP contribution is -2.27. The van der Waals surface area contributed by atoms with E-state index in [4.69, 9.17) is 0 Å². The Hall–Kier alpha value is 0.100. The highest BCUT2D eigenvalue weighted by molar-refractivity contribution is 8.00. The van der Waals surface area contributed by atoms with E-state index in [1.165, 1.54) is 0 Å². The van der Waals surface area contributed by atoms with Gasteiger partial charge in [-0.2, -0.15) is 13.2 Å². The summed E-state index contributed by atoms with van der Waals surface area (Å²) in [4.78, 5) is 0. The molecule has 0 aromatic heterocycles. The molecule has 0 saturated carbocycles. The lowest BCUT2D eigenvalue weighted by atomic mass is 10.1. The molecule has 0 radical (unpaired) electrons. The van der Waals surface area contributed by atoms with Gasteiger partial charge in [0.25, 0.3) is 0 Å². The topological polar surface area (TPSA) is 12.0 Å². The summed E-state index contributed by atoms with van der Waals surface area (Å²) >= 11 is 0.0858. The van der Waals surface area contributed by atoms with Crippen molar-refractivity contribution in [2.24, 2.45) is 0 Å². The predicted octanol–water partition coefficient (Wildman–Crippen LogP) is 3.80. The Kier molecular flexibility index (Phi) is 8.33. The number of hydrogen-bond acceptors (Lipinski definition) is 2. The third kappa shape index (κ3) is 10.4. The van der Waals surface area contributed by atoms with E-state index >= 15 is 0 Å². The zero-order chi connectivity index (χ0) is 11.7. The standard InChI is InChI=1S/C10H20F3NS/c1-3-9(14-4-2)7-5-6-8-15-10(11,12)13/h9,14H,3-8H2,1-2H3. The average Bonchev–Trinajstić information content (AvgIpc) is 2.14. The summed E-state index contributed by atoms with van der Waals surface area (Å²) in [5, 5.41) is 3.31. The van der Waals surface area contributed by atoms with Crippen LogP contribution in [0.15, 0.2) is 0 Å². The summed E-state index contributed by atoms with van der Waals surface area (Å²) in [5.41, 5.74) is -4.06. The Morgan fingerprint density at radius 1 is 1.20 bits per heavy atom. The van der Waals surface area contributed by atoms with Crippen molar-refractivity contribution in [1.29, 1.82) is 0 Å². The molecule has 0 amide bonds. The molecule has 0 saturated heterocycles. The van der Waals surface area contributed by atoms with Crippen LogP contribution in [0.2, 0.25) is 0 Å². The van der Waals surface area contributed by atoms with E-state index in [1.54, 1.807) is 0 Å². The molecule has 5 heteroatoms. The highest BCUT2D eigenvalue weighted by Gasteiger charge is 2.27. The lowest BCUT2D eigenvalue weighted by Gasteiger charge is -2.15. The SMILES string of the molecule is CCNC(CC)CCCCSC(F)(F)F. The van der Waals surface area contributed by atoms with Crippen LogP contribution in [-0.4, -0.2) is 23.8 Å². The smallest absolute Gasteiger partial charge is 0.314 e. The molecule has 0 aliphatic carbocycles. The van der Waals surface area contributed by atoms with Gasteiger partial charge in [-0.1, -0.05) is 32.0 Å². The number of hydrogen-bond donors (Lipinski definition) is 1. The van der Waals surface area contributed by atoms with Gasteiger partial charge in [-0.05, 0) is 25.8 Å². The zero-order valence-corrected chi connectivity index (χ0v) is 10.2. The van der Waals surface area contributed by atoms with Gasteiger partial charge in [-0.15, -0.1) is 0 Å². The summed E-state index contributed by atoms with van der Waals surface area (Å²) in [5.74, 6) is 0.187. The Bertz CT molecular complexity index is 150. The van der Waals surface area contributed by atoms with Crippen molar-refractivity contribution < 1.29 is 13.2 Å². The van der Waals surface area contributed by atoms with Crippen molar-refractivity contribution >= 4 is 11.8 Å². The number of unbranched alkanes of at least 4 members (excludes halogenated alkanes) is 1. The normalized spacial score (nSPS) is 14.2. The first-order valence-corrected chi connectivity index (χ1v) is 6.42. The second-order valence-corrected chi connectivity index (χ2v) is 4.61. The summed E-state index contributed by atoms with van der Waals surface area (Å²) in [7, 11) is 0.